The van der Waals surface area contributed by atoms with Crippen LogP contribution in [0.4, 0.5) is 5.82 Å². The minimum atomic E-state index is 0.114. The Bertz CT molecular complexity index is 376. The number of rotatable bonds is 5. The van der Waals surface area contributed by atoms with Gasteiger partial charge in [0.25, 0.3) is 0 Å². The van der Waals surface area contributed by atoms with Gasteiger partial charge in [-0.1, -0.05) is 0 Å². The van der Waals surface area contributed by atoms with Gasteiger partial charge in [0, 0.05) is 25.7 Å². The first kappa shape index (κ1) is 13.3. The largest absolute Gasteiger partial charge is 0.358 e. The molecule has 1 N–H and O–H groups in total. The molecule has 4 heteroatoms. The molecule has 18 heavy (non-hydrogen) atoms. The fourth-order valence-electron chi connectivity index (χ4n) is 1.77. The molecule has 2 rings (SSSR count). The summed E-state index contributed by atoms with van der Waals surface area (Å²) in [7, 11) is 2.09. The lowest BCUT2D eigenvalue weighted by Crippen LogP contribution is -2.35. The number of nitrogens with one attached hydrogen (secondary N) is 1. The van der Waals surface area contributed by atoms with E-state index in [1.54, 1.807) is 0 Å². The zero-order valence-electron chi connectivity index (χ0n) is 11.9. The Balaban J connectivity index is 1.88. The summed E-state index contributed by atoms with van der Waals surface area (Å²) in [5.41, 5.74) is 1.11. The van der Waals surface area contributed by atoms with Gasteiger partial charge in [-0.3, -0.25) is 4.98 Å². The van der Waals surface area contributed by atoms with E-state index >= 15 is 0 Å². The van der Waals surface area contributed by atoms with Crippen LogP contribution in [-0.2, 0) is 6.54 Å². The van der Waals surface area contributed by atoms with Gasteiger partial charge in [-0.15, -0.1) is 0 Å². The molecule has 0 aromatic carbocycles. The highest BCUT2D eigenvalue weighted by atomic mass is 15.2. The van der Waals surface area contributed by atoms with Crippen molar-refractivity contribution >= 4 is 5.82 Å². The van der Waals surface area contributed by atoms with E-state index in [4.69, 9.17) is 0 Å². The molecule has 1 aliphatic carbocycles. The molecule has 100 valence electrons. The molecule has 1 aromatic heterocycles. The van der Waals surface area contributed by atoms with Crippen molar-refractivity contribution in [1.82, 2.24) is 15.3 Å². The first-order valence-corrected chi connectivity index (χ1v) is 6.71. The van der Waals surface area contributed by atoms with Crippen LogP contribution in [0.5, 0.6) is 0 Å². The number of anilines is 1. The third-order valence-corrected chi connectivity index (χ3v) is 3.11. The maximum Gasteiger partial charge on any atom is 0.146 e. The summed E-state index contributed by atoms with van der Waals surface area (Å²) >= 11 is 0. The van der Waals surface area contributed by atoms with E-state index in [1.807, 2.05) is 12.4 Å². The lowest BCUT2D eigenvalue weighted by Gasteiger charge is -2.20. The molecule has 0 saturated heterocycles. The van der Waals surface area contributed by atoms with Crippen LogP contribution in [0.3, 0.4) is 0 Å². The summed E-state index contributed by atoms with van der Waals surface area (Å²) in [6, 6.07) is 0. The first-order valence-electron chi connectivity index (χ1n) is 6.71. The van der Waals surface area contributed by atoms with Crippen molar-refractivity contribution in [2.75, 3.05) is 18.5 Å². The Labute approximate surface area is 110 Å². The summed E-state index contributed by atoms with van der Waals surface area (Å²) < 4.78 is 0. The average molecular weight is 248 g/mol. The van der Waals surface area contributed by atoms with Crippen molar-refractivity contribution in [2.24, 2.45) is 5.92 Å². The second-order valence-electron chi connectivity index (χ2n) is 6.29. The van der Waals surface area contributed by atoms with Gasteiger partial charge >= 0.3 is 0 Å². The fourth-order valence-corrected chi connectivity index (χ4v) is 1.77. The van der Waals surface area contributed by atoms with Crippen molar-refractivity contribution in [3.8, 4) is 0 Å². The Morgan fingerprint density at radius 3 is 2.50 bits per heavy atom. The number of aromatic nitrogens is 2. The molecule has 1 saturated carbocycles. The maximum atomic E-state index is 4.48. The number of nitrogens with zero attached hydrogens (tertiary/aromatic N) is 3. The minimum Gasteiger partial charge on any atom is -0.358 e. The van der Waals surface area contributed by atoms with Crippen LogP contribution in [0.1, 0.15) is 39.3 Å². The molecule has 0 atom stereocenters. The van der Waals surface area contributed by atoms with E-state index in [-0.39, 0.29) is 5.54 Å². The van der Waals surface area contributed by atoms with Crippen molar-refractivity contribution in [2.45, 2.75) is 45.7 Å². The Morgan fingerprint density at radius 2 is 2.00 bits per heavy atom. The molecule has 0 spiro atoms. The van der Waals surface area contributed by atoms with E-state index < -0.39 is 0 Å². The van der Waals surface area contributed by atoms with E-state index in [1.165, 1.54) is 12.8 Å². The quantitative estimate of drug-likeness (QED) is 0.867. The molecular formula is C14H24N4. The zero-order chi connectivity index (χ0) is 13.2. The van der Waals surface area contributed by atoms with Gasteiger partial charge in [0.05, 0.1) is 18.1 Å². The third-order valence-electron chi connectivity index (χ3n) is 3.11. The number of hydrogen-bond donors (Lipinski definition) is 1. The Kier molecular flexibility index (Phi) is 3.85. The predicted octanol–water partition coefficient (Wildman–Crippen LogP) is 2.21. The van der Waals surface area contributed by atoms with Crippen LogP contribution < -0.4 is 10.2 Å². The highest BCUT2D eigenvalue weighted by molar-refractivity contribution is 5.34. The summed E-state index contributed by atoms with van der Waals surface area (Å²) in [5, 5.41) is 3.41. The van der Waals surface area contributed by atoms with Crippen LogP contribution in [0, 0.1) is 5.92 Å². The van der Waals surface area contributed by atoms with Crippen molar-refractivity contribution in [3.63, 3.8) is 0 Å². The van der Waals surface area contributed by atoms with Gasteiger partial charge in [0.2, 0.25) is 0 Å². The van der Waals surface area contributed by atoms with Crippen LogP contribution >= 0.6 is 0 Å². The molecule has 1 heterocycles. The van der Waals surface area contributed by atoms with Crippen LogP contribution in [0.25, 0.3) is 0 Å². The molecule has 0 amide bonds. The summed E-state index contributed by atoms with van der Waals surface area (Å²) in [5.74, 6) is 1.85. The first-order chi connectivity index (χ1) is 8.44. The molecule has 4 nitrogen and oxygen atoms in total. The topological polar surface area (TPSA) is 41.1 Å². The lowest BCUT2D eigenvalue weighted by atomic mass is 10.1. The molecule has 0 bridgehead atoms. The Morgan fingerprint density at radius 1 is 1.28 bits per heavy atom. The van der Waals surface area contributed by atoms with Gasteiger partial charge in [-0.2, -0.15) is 0 Å². The highest BCUT2D eigenvalue weighted by Crippen LogP contribution is 2.30. The minimum absolute atomic E-state index is 0.114. The van der Waals surface area contributed by atoms with Crippen LogP contribution in [0.15, 0.2) is 12.4 Å². The van der Waals surface area contributed by atoms with Gasteiger partial charge in [0.15, 0.2) is 0 Å². The fraction of sp³-hybridized carbons (Fsp3) is 0.714. The lowest BCUT2D eigenvalue weighted by molar-refractivity contribution is 0.421. The molecule has 0 aliphatic heterocycles. The second-order valence-corrected chi connectivity index (χ2v) is 6.29. The van der Waals surface area contributed by atoms with Gasteiger partial charge in [0.1, 0.15) is 5.82 Å². The van der Waals surface area contributed by atoms with Crippen molar-refractivity contribution in [1.29, 1.82) is 0 Å². The predicted molar refractivity (Wildman–Crippen MR) is 74.6 cm³/mol. The molecule has 1 aliphatic rings. The van der Waals surface area contributed by atoms with E-state index in [9.17, 15) is 0 Å². The summed E-state index contributed by atoms with van der Waals surface area (Å²) in [6.07, 6.45) is 6.48. The van der Waals surface area contributed by atoms with Crippen molar-refractivity contribution < 1.29 is 0 Å². The van der Waals surface area contributed by atoms with Crippen LogP contribution in [-0.4, -0.2) is 29.1 Å². The number of hydrogen-bond acceptors (Lipinski definition) is 4. The molecular weight excluding hydrogens is 224 g/mol. The van der Waals surface area contributed by atoms with Gasteiger partial charge in [-0.25, -0.2) is 4.98 Å². The zero-order valence-corrected chi connectivity index (χ0v) is 11.9. The van der Waals surface area contributed by atoms with E-state index in [2.05, 4.69) is 48.0 Å². The third kappa shape index (κ3) is 4.26. The van der Waals surface area contributed by atoms with Gasteiger partial charge < -0.3 is 10.2 Å². The monoisotopic (exact) mass is 248 g/mol. The maximum absolute atomic E-state index is 4.48. The molecule has 0 unspecified atom stereocenters. The van der Waals surface area contributed by atoms with Gasteiger partial charge in [-0.05, 0) is 39.5 Å². The molecule has 1 aromatic rings. The smallest absolute Gasteiger partial charge is 0.146 e. The standard InChI is InChI=1S/C14H24N4/c1-14(2,3)17-8-12-7-16-13(9-15-12)18(4)10-11-5-6-11/h7,9,11,17H,5-6,8,10H2,1-4H3. The Hall–Kier alpha value is -1.16. The summed E-state index contributed by atoms with van der Waals surface area (Å²) in [6.45, 7) is 8.33. The SMILES string of the molecule is CN(CC1CC1)c1cnc(CNC(C)(C)C)cn1. The molecule has 0 radical (unpaired) electrons. The summed E-state index contributed by atoms with van der Waals surface area (Å²) in [4.78, 5) is 11.1. The van der Waals surface area contributed by atoms with Crippen molar-refractivity contribution in [3.05, 3.63) is 18.1 Å². The van der Waals surface area contributed by atoms with E-state index in [0.29, 0.717) is 0 Å². The van der Waals surface area contributed by atoms with E-state index in [0.717, 1.165) is 30.5 Å². The average Bonchev–Trinajstić information content (AvgIpc) is 3.10. The molecule has 1 fully saturated rings. The second kappa shape index (κ2) is 5.22. The highest BCUT2D eigenvalue weighted by Gasteiger charge is 2.23. The normalized spacial score (nSPS) is 15.8. The van der Waals surface area contributed by atoms with Crippen LogP contribution in [0.2, 0.25) is 0 Å².